The SMILES string of the molecule is CC/C=C\C/C=C\CC(/C=C/C=C\C/C=C\CCCC(=O)[O-])OO. The van der Waals surface area contributed by atoms with Gasteiger partial charge in [0.25, 0.3) is 0 Å². The Morgan fingerprint density at radius 2 is 1.75 bits per heavy atom. The van der Waals surface area contributed by atoms with Crippen LogP contribution in [-0.2, 0) is 9.68 Å². The lowest BCUT2D eigenvalue weighted by Gasteiger charge is -2.03. The van der Waals surface area contributed by atoms with E-state index in [0.717, 1.165) is 25.7 Å². The second kappa shape index (κ2) is 17.4. The summed E-state index contributed by atoms with van der Waals surface area (Å²) in [7, 11) is 0. The molecular weight excluding hydrogens is 304 g/mol. The number of hydrogen-bond acceptors (Lipinski definition) is 4. The molecule has 0 aliphatic carbocycles. The van der Waals surface area contributed by atoms with Crippen LogP contribution in [-0.4, -0.2) is 17.3 Å². The molecule has 134 valence electrons. The summed E-state index contributed by atoms with van der Waals surface area (Å²) in [5.41, 5.74) is 0. The number of aliphatic carboxylic acids is 1. The molecule has 1 N–H and O–H groups in total. The van der Waals surface area contributed by atoms with Gasteiger partial charge < -0.3 is 9.90 Å². The summed E-state index contributed by atoms with van der Waals surface area (Å²) < 4.78 is 0. The Labute approximate surface area is 145 Å². The molecule has 0 amide bonds. The average Bonchev–Trinajstić information content (AvgIpc) is 2.57. The van der Waals surface area contributed by atoms with Gasteiger partial charge in [0.15, 0.2) is 0 Å². The molecule has 0 aromatic rings. The summed E-state index contributed by atoms with van der Waals surface area (Å²) in [6.45, 7) is 2.10. The van der Waals surface area contributed by atoms with E-state index in [1.54, 1.807) is 6.08 Å². The number of allylic oxidation sites excluding steroid dienone is 8. The van der Waals surface area contributed by atoms with Crippen LogP contribution in [0.4, 0.5) is 0 Å². The van der Waals surface area contributed by atoms with Crippen molar-refractivity contribution in [2.45, 2.75) is 58.0 Å². The first kappa shape index (κ1) is 22.1. The molecule has 0 spiro atoms. The predicted molar refractivity (Wildman–Crippen MR) is 96.2 cm³/mol. The molecule has 0 saturated carbocycles. The number of carboxylic acid groups (broad SMARTS) is 1. The van der Waals surface area contributed by atoms with Crippen molar-refractivity contribution in [3.8, 4) is 0 Å². The van der Waals surface area contributed by atoms with Crippen LogP contribution in [0.5, 0.6) is 0 Å². The molecule has 0 aromatic heterocycles. The van der Waals surface area contributed by atoms with E-state index in [1.165, 1.54) is 0 Å². The minimum absolute atomic E-state index is 0.106. The minimum Gasteiger partial charge on any atom is -0.550 e. The number of carbonyl (C=O) groups is 1. The molecule has 0 rings (SSSR count). The summed E-state index contributed by atoms with van der Waals surface area (Å²) in [6.07, 6.45) is 24.2. The van der Waals surface area contributed by atoms with E-state index >= 15 is 0 Å². The van der Waals surface area contributed by atoms with Gasteiger partial charge in [0.1, 0.15) is 6.10 Å². The predicted octanol–water partition coefficient (Wildman–Crippen LogP) is 4.13. The van der Waals surface area contributed by atoms with Crippen molar-refractivity contribution in [3.63, 3.8) is 0 Å². The fourth-order valence-corrected chi connectivity index (χ4v) is 1.83. The van der Waals surface area contributed by atoms with Crippen molar-refractivity contribution in [2.75, 3.05) is 0 Å². The molecule has 0 radical (unpaired) electrons. The van der Waals surface area contributed by atoms with Crippen molar-refractivity contribution in [1.29, 1.82) is 0 Å². The molecule has 1 unspecified atom stereocenters. The summed E-state index contributed by atoms with van der Waals surface area (Å²) in [5.74, 6) is -0.999. The second-order valence-electron chi connectivity index (χ2n) is 5.25. The van der Waals surface area contributed by atoms with Gasteiger partial charge in [-0.05, 0) is 44.9 Å². The third kappa shape index (κ3) is 16.5. The van der Waals surface area contributed by atoms with Crippen LogP contribution in [0.25, 0.3) is 0 Å². The standard InChI is InChI=1S/C20H30O4/c1-2-3-4-5-10-13-16-19(24-23)17-14-11-8-6-7-9-12-15-18-20(21)22/h3-4,7-11,13-14,17,19,23H,2,5-6,12,15-16,18H2,1H3,(H,21,22)/p-1/b4-3-,9-7-,11-8-,13-10-,17-14+. The lowest BCUT2D eigenvalue weighted by atomic mass is 10.2. The van der Waals surface area contributed by atoms with Crippen molar-refractivity contribution >= 4 is 5.97 Å². The maximum Gasteiger partial charge on any atom is 0.115 e. The van der Waals surface area contributed by atoms with Gasteiger partial charge in [-0.1, -0.05) is 67.7 Å². The maximum absolute atomic E-state index is 10.2. The number of rotatable bonds is 14. The zero-order valence-corrected chi connectivity index (χ0v) is 14.5. The fourth-order valence-electron chi connectivity index (χ4n) is 1.83. The van der Waals surface area contributed by atoms with E-state index in [4.69, 9.17) is 5.26 Å². The van der Waals surface area contributed by atoms with Crippen molar-refractivity contribution in [1.82, 2.24) is 0 Å². The first-order valence-electron chi connectivity index (χ1n) is 8.49. The van der Waals surface area contributed by atoms with E-state index in [1.807, 2.05) is 42.5 Å². The van der Waals surface area contributed by atoms with Crippen LogP contribution in [0.15, 0.2) is 60.8 Å². The summed E-state index contributed by atoms with van der Waals surface area (Å²) in [5, 5.41) is 19.1. The molecule has 0 bridgehead atoms. The number of carbonyl (C=O) groups excluding carboxylic acids is 1. The largest absolute Gasteiger partial charge is 0.550 e. The Hall–Kier alpha value is -1.91. The molecular formula is C20H29O4-. The van der Waals surface area contributed by atoms with E-state index in [9.17, 15) is 9.90 Å². The van der Waals surface area contributed by atoms with E-state index in [0.29, 0.717) is 12.8 Å². The highest BCUT2D eigenvalue weighted by molar-refractivity contribution is 5.64. The quantitative estimate of drug-likeness (QED) is 0.171. The zero-order valence-electron chi connectivity index (χ0n) is 14.5. The van der Waals surface area contributed by atoms with Gasteiger partial charge in [-0.25, -0.2) is 4.89 Å². The molecule has 0 heterocycles. The van der Waals surface area contributed by atoms with Gasteiger partial charge in [-0.2, -0.15) is 0 Å². The van der Waals surface area contributed by atoms with Crippen LogP contribution in [0.1, 0.15) is 51.9 Å². The first-order valence-corrected chi connectivity index (χ1v) is 8.49. The summed E-state index contributed by atoms with van der Waals surface area (Å²) in [6, 6.07) is 0. The molecule has 0 saturated heterocycles. The van der Waals surface area contributed by atoms with E-state index in [-0.39, 0.29) is 12.5 Å². The molecule has 0 aromatic carbocycles. The molecule has 0 aliphatic rings. The van der Waals surface area contributed by atoms with Crippen molar-refractivity contribution in [3.05, 3.63) is 60.8 Å². The van der Waals surface area contributed by atoms with Crippen LogP contribution in [0.3, 0.4) is 0 Å². The normalized spacial score (nSPS) is 14.1. The molecule has 4 heteroatoms. The third-order valence-electron chi connectivity index (χ3n) is 3.11. The smallest absolute Gasteiger partial charge is 0.115 e. The van der Waals surface area contributed by atoms with E-state index in [2.05, 4.69) is 24.0 Å². The van der Waals surface area contributed by atoms with Crippen LogP contribution >= 0.6 is 0 Å². The average molecular weight is 333 g/mol. The monoisotopic (exact) mass is 333 g/mol. The molecule has 1 atom stereocenters. The fraction of sp³-hybridized carbons (Fsp3) is 0.450. The Balaban J connectivity index is 3.85. The number of carboxylic acids is 1. The Morgan fingerprint density at radius 1 is 1.04 bits per heavy atom. The zero-order chi connectivity index (χ0) is 17.9. The van der Waals surface area contributed by atoms with Crippen LogP contribution < -0.4 is 5.11 Å². The maximum atomic E-state index is 10.2. The summed E-state index contributed by atoms with van der Waals surface area (Å²) in [4.78, 5) is 14.6. The lowest BCUT2D eigenvalue weighted by Crippen LogP contribution is -2.21. The van der Waals surface area contributed by atoms with Gasteiger partial charge in [0.05, 0.1) is 0 Å². The van der Waals surface area contributed by atoms with Crippen LogP contribution in [0, 0.1) is 0 Å². The van der Waals surface area contributed by atoms with E-state index < -0.39 is 5.97 Å². The second-order valence-corrected chi connectivity index (χ2v) is 5.25. The van der Waals surface area contributed by atoms with Gasteiger partial charge in [0, 0.05) is 5.97 Å². The summed E-state index contributed by atoms with van der Waals surface area (Å²) >= 11 is 0. The molecule has 0 aliphatic heterocycles. The van der Waals surface area contributed by atoms with Crippen molar-refractivity contribution in [2.24, 2.45) is 0 Å². The third-order valence-corrected chi connectivity index (χ3v) is 3.11. The van der Waals surface area contributed by atoms with Crippen molar-refractivity contribution < 1.29 is 20.0 Å². The first-order chi connectivity index (χ1) is 11.7. The molecule has 4 nitrogen and oxygen atoms in total. The topological polar surface area (TPSA) is 69.6 Å². The van der Waals surface area contributed by atoms with Gasteiger partial charge in [-0.15, -0.1) is 0 Å². The Morgan fingerprint density at radius 3 is 2.46 bits per heavy atom. The Bertz CT molecular complexity index is 445. The number of hydrogen-bond donors (Lipinski definition) is 1. The number of unbranched alkanes of at least 4 members (excludes halogenated alkanes) is 1. The van der Waals surface area contributed by atoms with Crippen LogP contribution in [0.2, 0.25) is 0 Å². The highest BCUT2D eigenvalue weighted by atomic mass is 17.1. The highest BCUT2D eigenvalue weighted by Gasteiger charge is 1.99. The lowest BCUT2D eigenvalue weighted by molar-refractivity contribution is -0.305. The highest BCUT2D eigenvalue weighted by Crippen LogP contribution is 2.02. The Kier molecular flexibility index (Phi) is 16.1. The van der Waals surface area contributed by atoms with Gasteiger partial charge >= 0.3 is 0 Å². The van der Waals surface area contributed by atoms with Gasteiger partial charge in [0.2, 0.25) is 0 Å². The van der Waals surface area contributed by atoms with Gasteiger partial charge in [-0.3, -0.25) is 5.26 Å². The molecule has 24 heavy (non-hydrogen) atoms. The minimum atomic E-state index is -0.999. The molecule has 0 fully saturated rings.